The Hall–Kier alpha value is -2.52. The van der Waals surface area contributed by atoms with Crippen molar-refractivity contribution in [2.24, 2.45) is 0 Å². The van der Waals surface area contributed by atoms with Gasteiger partial charge in [-0.1, -0.05) is 0 Å². The van der Waals surface area contributed by atoms with Crippen molar-refractivity contribution in [1.82, 2.24) is 25.1 Å². The monoisotopic (exact) mass is 428 g/mol. The molecule has 0 saturated carbocycles. The highest BCUT2D eigenvalue weighted by Gasteiger charge is 2.35. The van der Waals surface area contributed by atoms with Gasteiger partial charge in [0.2, 0.25) is 5.91 Å². The van der Waals surface area contributed by atoms with E-state index in [4.69, 9.17) is 0 Å². The number of urea groups is 1. The number of imide groups is 1. The molecule has 0 aromatic carbocycles. The number of carbonyl (C=O) groups excluding carboxylic acids is 2. The molecule has 5 heterocycles. The van der Waals surface area contributed by atoms with Gasteiger partial charge in [0.1, 0.15) is 11.3 Å². The summed E-state index contributed by atoms with van der Waals surface area (Å²) in [6.07, 6.45) is 7.20. The molecule has 0 aliphatic carbocycles. The van der Waals surface area contributed by atoms with E-state index in [2.05, 4.69) is 31.3 Å². The summed E-state index contributed by atoms with van der Waals surface area (Å²) in [5.41, 5.74) is 0.540. The summed E-state index contributed by atoms with van der Waals surface area (Å²) in [6.45, 7) is 4.22. The largest absolute Gasteiger partial charge is 0.329 e. The molecule has 31 heavy (non-hydrogen) atoms. The zero-order valence-corrected chi connectivity index (χ0v) is 17.6. The number of amides is 3. The van der Waals surface area contributed by atoms with Crippen LogP contribution in [0.15, 0.2) is 24.5 Å². The molecule has 9 heteroatoms. The SMILES string of the molecule is O=C1CCN(c2cnc3c(ccn3C3CCN(CC4(F)CCNCC4)CC3)c2)C(=O)N1. The fourth-order valence-corrected chi connectivity index (χ4v) is 5.07. The van der Waals surface area contributed by atoms with Crippen molar-refractivity contribution in [3.63, 3.8) is 0 Å². The molecule has 2 N–H and O–H groups in total. The lowest BCUT2D eigenvalue weighted by Crippen LogP contribution is -2.49. The van der Waals surface area contributed by atoms with Crippen molar-refractivity contribution >= 4 is 28.7 Å². The molecule has 3 aliphatic rings. The Morgan fingerprint density at radius 2 is 1.94 bits per heavy atom. The van der Waals surface area contributed by atoms with E-state index in [0.717, 1.165) is 50.1 Å². The van der Waals surface area contributed by atoms with E-state index in [1.807, 2.05) is 12.1 Å². The standard InChI is InChI=1S/C22H29FN6O2/c23-22(5-7-24-8-6-22)15-27-9-2-17(3-10-27)28-11-1-16-13-18(14-25-20(16)28)29-12-4-19(30)26-21(29)31/h1,11,13-14,17,24H,2-10,12,15H2,(H,26,30,31). The molecule has 3 aliphatic heterocycles. The van der Waals surface area contributed by atoms with E-state index >= 15 is 4.39 Å². The number of nitrogens with one attached hydrogen (secondary N) is 2. The molecule has 3 amide bonds. The number of fused-ring (bicyclic) bond motifs is 1. The number of piperidine rings is 2. The van der Waals surface area contributed by atoms with Gasteiger partial charge < -0.3 is 14.8 Å². The van der Waals surface area contributed by atoms with E-state index in [9.17, 15) is 9.59 Å². The smallest absolute Gasteiger partial charge is 0.328 e. The third kappa shape index (κ3) is 4.16. The number of halogens is 1. The Morgan fingerprint density at radius 1 is 1.16 bits per heavy atom. The van der Waals surface area contributed by atoms with Crippen LogP contribution >= 0.6 is 0 Å². The Labute approximate surface area is 180 Å². The minimum absolute atomic E-state index is 0.244. The van der Waals surface area contributed by atoms with Crippen molar-refractivity contribution in [3.05, 3.63) is 24.5 Å². The lowest BCUT2D eigenvalue weighted by Gasteiger charge is -2.39. The number of nitrogens with zero attached hydrogens (tertiary/aromatic N) is 4. The Kier molecular flexibility index (Phi) is 5.39. The Morgan fingerprint density at radius 3 is 2.68 bits per heavy atom. The predicted molar refractivity (Wildman–Crippen MR) is 116 cm³/mol. The number of rotatable bonds is 4. The van der Waals surface area contributed by atoms with Gasteiger partial charge in [-0.3, -0.25) is 15.0 Å². The zero-order chi connectivity index (χ0) is 21.4. The van der Waals surface area contributed by atoms with Gasteiger partial charge in [-0.25, -0.2) is 14.2 Å². The van der Waals surface area contributed by atoms with Gasteiger partial charge in [-0.2, -0.15) is 0 Å². The topological polar surface area (TPSA) is 82.5 Å². The molecule has 5 rings (SSSR count). The number of aromatic nitrogens is 2. The van der Waals surface area contributed by atoms with Crippen LogP contribution in [-0.4, -0.2) is 71.3 Å². The van der Waals surface area contributed by atoms with E-state index in [0.29, 0.717) is 44.1 Å². The number of alkyl halides is 1. The van der Waals surface area contributed by atoms with Crippen LogP contribution in [-0.2, 0) is 4.79 Å². The fraction of sp³-hybridized carbons (Fsp3) is 0.591. The molecular weight excluding hydrogens is 399 g/mol. The Bertz CT molecular complexity index is 978. The highest BCUT2D eigenvalue weighted by atomic mass is 19.1. The van der Waals surface area contributed by atoms with Crippen molar-refractivity contribution in [2.45, 2.75) is 43.8 Å². The number of pyridine rings is 1. The van der Waals surface area contributed by atoms with Gasteiger partial charge in [-0.15, -0.1) is 0 Å². The molecule has 166 valence electrons. The number of anilines is 1. The quantitative estimate of drug-likeness (QED) is 0.780. The van der Waals surface area contributed by atoms with E-state index in [1.54, 1.807) is 11.1 Å². The second kappa shape index (κ2) is 8.20. The molecule has 3 saturated heterocycles. The second-order valence-corrected chi connectivity index (χ2v) is 8.99. The molecule has 0 atom stereocenters. The molecular formula is C22H29FN6O2. The first-order valence-corrected chi connectivity index (χ1v) is 11.2. The number of carbonyl (C=O) groups is 2. The van der Waals surface area contributed by atoms with Crippen LogP contribution in [0.3, 0.4) is 0 Å². The third-order valence-electron chi connectivity index (χ3n) is 6.86. The summed E-state index contributed by atoms with van der Waals surface area (Å²) >= 11 is 0. The van der Waals surface area contributed by atoms with Gasteiger partial charge in [0.05, 0.1) is 11.9 Å². The summed E-state index contributed by atoms with van der Waals surface area (Å²) in [7, 11) is 0. The molecule has 0 radical (unpaired) electrons. The lowest BCUT2D eigenvalue weighted by molar-refractivity contribution is -0.120. The molecule has 3 fully saturated rings. The minimum Gasteiger partial charge on any atom is -0.329 e. The molecule has 2 aromatic rings. The number of likely N-dealkylation sites (tertiary alicyclic amines) is 1. The molecule has 8 nitrogen and oxygen atoms in total. The summed E-state index contributed by atoms with van der Waals surface area (Å²) < 4.78 is 17.2. The van der Waals surface area contributed by atoms with Gasteiger partial charge in [0.25, 0.3) is 0 Å². The summed E-state index contributed by atoms with van der Waals surface area (Å²) in [5, 5.41) is 6.56. The molecule has 0 unspecified atom stereocenters. The van der Waals surface area contributed by atoms with Crippen molar-refractivity contribution < 1.29 is 14.0 Å². The van der Waals surface area contributed by atoms with E-state index in [1.165, 1.54) is 0 Å². The lowest BCUT2D eigenvalue weighted by atomic mass is 9.92. The van der Waals surface area contributed by atoms with Crippen LogP contribution < -0.4 is 15.5 Å². The maximum absolute atomic E-state index is 15.0. The van der Waals surface area contributed by atoms with Crippen LogP contribution in [0.2, 0.25) is 0 Å². The summed E-state index contributed by atoms with van der Waals surface area (Å²) in [5.74, 6) is -0.244. The first-order chi connectivity index (χ1) is 15.0. The maximum atomic E-state index is 15.0. The fourth-order valence-electron chi connectivity index (χ4n) is 5.07. The first-order valence-electron chi connectivity index (χ1n) is 11.2. The Balaban J connectivity index is 1.25. The van der Waals surface area contributed by atoms with Crippen LogP contribution in [0.5, 0.6) is 0 Å². The van der Waals surface area contributed by atoms with Gasteiger partial charge in [0, 0.05) is 50.2 Å². The highest BCUT2D eigenvalue weighted by Crippen LogP contribution is 2.31. The van der Waals surface area contributed by atoms with Crippen LogP contribution in [0.25, 0.3) is 11.0 Å². The highest BCUT2D eigenvalue weighted by molar-refractivity contribution is 6.06. The van der Waals surface area contributed by atoms with Crippen LogP contribution in [0.1, 0.15) is 38.1 Å². The normalized spacial score (nSPS) is 23.3. The van der Waals surface area contributed by atoms with Gasteiger partial charge in [0.15, 0.2) is 0 Å². The maximum Gasteiger partial charge on any atom is 0.328 e. The van der Waals surface area contributed by atoms with Crippen molar-refractivity contribution in [3.8, 4) is 0 Å². The predicted octanol–water partition coefficient (Wildman–Crippen LogP) is 2.21. The number of hydrogen-bond acceptors (Lipinski definition) is 5. The van der Waals surface area contributed by atoms with Gasteiger partial charge >= 0.3 is 6.03 Å². The van der Waals surface area contributed by atoms with Crippen LogP contribution in [0, 0.1) is 0 Å². The first kappa shape index (κ1) is 20.4. The van der Waals surface area contributed by atoms with Crippen molar-refractivity contribution in [2.75, 3.05) is 44.2 Å². The third-order valence-corrected chi connectivity index (χ3v) is 6.86. The molecule has 0 spiro atoms. The molecule has 0 bridgehead atoms. The summed E-state index contributed by atoms with van der Waals surface area (Å²) in [4.78, 5) is 32.0. The average Bonchev–Trinajstić information content (AvgIpc) is 3.18. The molecule has 2 aromatic heterocycles. The van der Waals surface area contributed by atoms with Crippen molar-refractivity contribution in [1.29, 1.82) is 0 Å². The van der Waals surface area contributed by atoms with Crippen LogP contribution in [0.4, 0.5) is 14.9 Å². The van der Waals surface area contributed by atoms with Gasteiger partial charge in [-0.05, 0) is 50.9 Å². The summed E-state index contributed by atoms with van der Waals surface area (Å²) in [6, 6.07) is 3.92. The van der Waals surface area contributed by atoms with E-state index in [-0.39, 0.29) is 5.91 Å². The second-order valence-electron chi connectivity index (χ2n) is 8.99. The minimum atomic E-state index is -1.05. The number of hydrogen-bond donors (Lipinski definition) is 2. The van der Waals surface area contributed by atoms with E-state index < -0.39 is 11.7 Å². The zero-order valence-electron chi connectivity index (χ0n) is 17.6. The average molecular weight is 429 g/mol.